The van der Waals surface area contributed by atoms with Crippen LogP contribution < -0.4 is 16.0 Å². The lowest BCUT2D eigenvalue weighted by Gasteiger charge is -2.43. The molecule has 0 bridgehead atoms. The Morgan fingerprint density at radius 2 is 1.93 bits per heavy atom. The lowest BCUT2D eigenvalue weighted by atomic mass is 9.84. The van der Waals surface area contributed by atoms with Gasteiger partial charge in [-0.3, -0.25) is 14.5 Å². The standard InChI is InChI=1S/C20H24N4O4/c25-16-19(11-21-16)8-15(9-23-19)14-4-2-13(3-5-14)10-28-18(27)24-7-1-6-20(24)12-22-17(20)26/h2-5,15,23H,1,6-12H2,(H,21,25)(H,22,26). The first-order chi connectivity index (χ1) is 13.5. The van der Waals surface area contributed by atoms with Crippen LogP contribution in [0.1, 0.15) is 36.3 Å². The van der Waals surface area contributed by atoms with Crippen LogP contribution in [-0.2, 0) is 20.9 Å². The van der Waals surface area contributed by atoms with Gasteiger partial charge in [0.1, 0.15) is 17.7 Å². The van der Waals surface area contributed by atoms with E-state index in [1.807, 2.05) is 24.3 Å². The molecule has 4 saturated heterocycles. The normalized spacial score (nSPS) is 33.4. The molecule has 8 heteroatoms. The van der Waals surface area contributed by atoms with Crippen molar-refractivity contribution in [3.63, 3.8) is 0 Å². The summed E-state index contributed by atoms with van der Waals surface area (Å²) in [5.74, 6) is 0.331. The van der Waals surface area contributed by atoms with Gasteiger partial charge in [-0.1, -0.05) is 24.3 Å². The second-order valence-electron chi connectivity index (χ2n) is 8.31. The summed E-state index contributed by atoms with van der Waals surface area (Å²) in [4.78, 5) is 37.7. The van der Waals surface area contributed by atoms with Gasteiger partial charge in [0.25, 0.3) is 0 Å². The van der Waals surface area contributed by atoms with Gasteiger partial charge < -0.3 is 20.7 Å². The summed E-state index contributed by atoms with van der Waals surface area (Å²) in [6, 6.07) is 8.01. The Kier molecular flexibility index (Phi) is 3.87. The molecule has 3 atom stereocenters. The largest absolute Gasteiger partial charge is 0.445 e. The number of carbonyl (C=O) groups is 3. The zero-order valence-corrected chi connectivity index (χ0v) is 15.6. The summed E-state index contributed by atoms with van der Waals surface area (Å²) in [6.45, 7) is 2.76. The highest BCUT2D eigenvalue weighted by atomic mass is 16.6. The fourth-order valence-corrected chi connectivity index (χ4v) is 4.84. The molecule has 148 valence electrons. The van der Waals surface area contributed by atoms with Gasteiger partial charge >= 0.3 is 6.09 Å². The monoisotopic (exact) mass is 384 g/mol. The molecule has 4 heterocycles. The van der Waals surface area contributed by atoms with Crippen molar-refractivity contribution >= 4 is 17.9 Å². The number of nitrogens with one attached hydrogen (secondary N) is 3. The minimum Gasteiger partial charge on any atom is -0.445 e. The lowest BCUT2D eigenvalue weighted by Crippen LogP contribution is -2.71. The van der Waals surface area contributed by atoms with Gasteiger partial charge in [0.15, 0.2) is 0 Å². The summed E-state index contributed by atoms with van der Waals surface area (Å²) in [6.07, 6.45) is 1.92. The van der Waals surface area contributed by atoms with Crippen molar-refractivity contribution in [2.75, 3.05) is 26.2 Å². The van der Waals surface area contributed by atoms with Gasteiger partial charge in [-0.25, -0.2) is 4.79 Å². The van der Waals surface area contributed by atoms with Crippen LogP contribution in [-0.4, -0.2) is 60.1 Å². The lowest BCUT2D eigenvalue weighted by molar-refractivity contribution is -0.140. The fraction of sp³-hybridized carbons (Fsp3) is 0.550. The van der Waals surface area contributed by atoms with Crippen LogP contribution in [0, 0.1) is 0 Å². The average molecular weight is 384 g/mol. The molecule has 3 N–H and O–H groups in total. The molecule has 1 aromatic carbocycles. The predicted molar refractivity (Wildman–Crippen MR) is 99.4 cm³/mol. The topological polar surface area (TPSA) is 99.8 Å². The van der Waals surface area contributed by atoms with Gasteiger partial charge in [0.2, 0.25) is 11.8 Å². The Morgan fingerprint density at radius 1 is 1.14 bits per heavy atom. The molecular formula is C20H24N4O4. The summed E-state index contributed by atoms with van der Waals surface area (Å²) < 4.78 is 5.47. The number of benzene rings is 1. The predicted octanol–water partition coefficient (Wildman–Crippen LogP) is 0.233. The van der Waals surface area contributed by atoms with E-state index in [0.717, 1.165) is 24.9 Å². The number of β-lactam (4-membered cyclic amide) rings is 2. The average Bonchev–Trinajstić information content (AvgIpc) is 3.38. The number of nitrogens with zero attached hydrogens (tertiary/aromatic N) is 1. The van der Waals surface area contributed by atoms with Crippen LogP contribution in [0.25, 0.3) is 0 Å². The third-order valence-electron chi connectivity index (χ3n) is 6.75. The summed E-state index contributed by atoms with van der Waals surface area (Å²) in [7, 11) is 0. The highest BCUT2D eigenvalue weighted by Crippen LogP contribution is 2.36. The van der Waals surface area contributed by atoms with Crippen LogP contribution >= 0.6 is 0 Å². The van der Waals surface area contributed by atoms with Crippen LogP contribution in [0.3, 0.4) is 0 Å². The molecule has 4 aliphatic heterocycles. The molecule has 4 fully saturated rings. The minimum atomic E-state index is -0.680. The number of rotatable bonds is 3. The second-order valence-corrected chi connectivity index (χ2v) is 8.31. The summed E-state index contributed by atoms with van der Waals surface area (Å²) in [5, 5.41) is 8.90. The van der Waals surface area contributed by atoms with Gasteiger partial charge in [-0.05, 0) is 36.3 Å². The molecule has 28 heavy (non-hydrogen) atoms. The smallest absolute Gasteiger partial charge is 0.411 e. The maximum Gasteiger partial charge on any atom is 0.411 e. The van der Waals surface area contributed by atoms with Crippen molar-refractivity contribution in [1.29, 1.82) is 0 Å². The van der Waals surface area contributed by atoms with E-state index in [1.54, 1.807) is 4.90 Å². The molecule has 5 rings (SSSR count). The molecule has 8 nitrogen and oxygen atoms in total. The first-order valence-corrected chi connectivity index (χ1v) is 9.87. The molecule has 3 amide bonds. The van der Waals surface area contributed by atoms with Crippen LogP contribution in [0.5, 0.6) is 0 Å². The summed E-state index contributed by atoms with van der Waals surface area (Å²) >= 11 is 0. The SMILES string of the molecule is O=C(OCc1ccc(C2CNC3(CNC3=O)C2)cc1)N1CCCC12CNC2=O. The van der Waals surface area contributed by atoms with Gasteiger partial charge in [0.05, 0.1) is 6.54 Å². The Hall–Kier alpha value is -2.61. The minimum absolute atomic E-state index is 0.0746. The number of ether oxygens (including phenoxy) is 1. The Morgan fingerprint density at radius 3 is 2.50 bits per heavy atom. The van der Waals surface area contributed by atoms with E-state index in [2.05, 4.69) is 16.0 Å². The van der Waals surface area contributed by atoms with Gasteiger partial charge in [-0.15, -0.1) is 0 Å². The molecule has 0 aliphatic carbocycles. The number of carbonyl (C=O) groups excluding carboxylic acids is 3. The van der Waals surface area contributed by atoms with Crippen molar-refractivity contribution in [2.24, 2.45) is 0 Å². The molecule has 3 unspecified atom stereocenters. The zero-order valence-electron chi connectivity index (χ0n) is 15.6. The molecule has 4 aliphatic rings. The first kappa shape index (κ1) is 17.5. The number of hydrogen-bond acceptors (Lipinski definition) is 5. The fourth-order valence-electron chi connectivity index (χ4n) is 4.84. The highest BCUT2D eigenvalue weighted by molar-refractivity contribution is 5.96. The molecule has 1 aromatic rings. The van der Waals surface area contributed by atoms with Crippen molar-refractivity contribution in [2.45, 2.75) is 42.9 Å². The van der Waals surface area contributed by atoms with E-state index in [-0.39, 0.29) is 24.0 Å². The Balaban J connectivity index is 1.18. The third kappa shape index (κ3) is 2.51. The summed E-state index contributed by atoms with van der Waals surface area (Å²) in [5.41, 5.74) is 1.03. The Bertz CT molecular complexity index is 841. The van der Waals surface area contributed by atoms with E-state index >= 15 is 0 Å². The number of hydrogen-bond donors (Lipinski definition) is 3. The molecular weight excluding hydrogens is 360 g/mol. The van der Waals surface area contributed by atoms with Crippen LogP contribution in [0.15, 0.2) is 24.3 Å². The number of likely N-dealkylation sites (tertiary alicyclic amines) is 1. The molecule has 0 aromatic heterocycles. The zero-order chi connectivity index (χ0) is 19.4. The maximum atomic E-state index is 12.5. The van der Waals surface area contributed by atoms with E-state index in [9.17, 15) is 14.4 Å². The van der Waals surface area contributed by atoms with Crippen molar-refractivity contribution < 1.29 is 19.1 Å². The van der Waals surface area contributed by atoms with Gasteiger partial charge in [0, 0.05) is 19.6 Å². The molecule has 0 radical (unpaired) electrons. The first-order valence-electron chi connectivity index (χ1n) is 9.87. The van der Waals surface area contributed by atoms with Crippen molar-refractivity contribution in [3.05, 3.63) is 35.4 Å². The molecule has 2 spiro atoms. The van der Waals surface area contributed by atoms with E-state index in [4.69, 9.17) is 4.74 Å². The van der Waals surface area contributed by atoms with Gasteiger partial charge in [-0.2, -0.15) is 0 Å². The number of amides is 3. The maximum absolute atomic E-state index is 12.5. The van der Waals surface area contributed by atoms with Crippen LogP contribution in [0.2, 0.25) is 0 Å². The second kappa shape index (κ2) is 6.20. The van der Waals surface area contributed by atoms with Crippen LogP contribution in [0.4, 0.5) is 4.79 Å². The highest BCUT2D eigenvalue weighted by Gasteiger charge is 2.56. The van der Waals surface area contributed by atoms with E-state index < -0.39 is 11.6 Å². The quantitative estimate of drug-likeness (QED) is 0.648. The van der Waals surface area contributed by atoms with E-state index in [1.165, 1.54) is 5.56 Å². The third-order valence-corrected chi connectivity index (χ3v) is 6.75. The van der Waals surface area contributed by atoms with E-state index in [0.29, 0.717) is 32.0 Å². The molecule has 0 saturated carbocycles. The van der Waals surface area contributed by atoms with Crippen molar-refractivity contribution in [1.82, 2.24) is 20.9 Å². The van der Waals surface area contributed by atoms with Crippen molar-refractivity contribution in [3.8, 4) is 0 Å². The Labute approximate surface area is 163 Å².